The SMILES string of the molecule is CCOc1ccc2ccccc2c1C(=O)N[C@@H]1C(=O)N2[C@@H]1SC(C)(C)[C@@H]2C(=O)O.COc1cccc(OC)c1C(=O)N[C@@H]1C(=O)N2[C@@H]1SC(C)(C)[C@@H]2C(=O)O. The van der Waals surface area contributed by atoms with Crippen LogP contribution in [0.3, 0.4) is 0 Å². The summed E-state index contributed by atoms with van der Waals surface area (Å²) in [4.78, 5) is 77.0. The molecule has 0 unspecified atom stereocenters. The summed E-state index contributed by atoms with van der Waals surface area (Å²) in [5.41, 5.74) is 0.578. The van der Waals surface area contributed by atoms with Gasteiger partial charge in [-0.1, -0.05) is 36.4 Å². The zero-order valence-electron chi connectivity index (χ0n) is 31.1. The Bertz CT molecular complexity index is 2070. The first-order valence-electron chi connectivity index (χ1n) is 17.4. The fourth-order valence-corrected chi connectivity index (χ4v) is 10.8. The number of nitrogens with one attached hydrogen (secondary N) is 2. The lowest BCUT2D eigenvalue weighted by Crippen LogP contribution is -2.70. The van der Waals surface area contributed by atoms with Crippen molar-refractivity contribution in [2.45, 2.75) is 79.0 Å². The highest BCUT2D eigenvalue weighted by Crippen LogP contribution is 2.52. The lowest BCUT2D eigenvalue weighted by Gasteiger charge is -2.43. The van der Waals surface area contributed by atoms with Gasteiger partial charge in [-0.05, 0) is 63.6 Å². The van der Waals surface area contributed by atoms with Crippen LogP contribution in [0.5, 0.6) is 17.2 Å². The van der Waals surface area contributed by atoms with Crippen molar-refractivity contribution in [2.75, 3.05) is 20.8 Å². The van der Waals surface area contributed by atoms with Gasteiger partial charge in [0.1, 0.15) is 57.7 Å². The van der Waals surface area contributed by atoms with E-state index in [2.05, 4.69) is 10.6 Å². The Morgan fingerprint density at radius 1 is 0.691 bits per heavy atom. The predicted molar refractivity (Wildman–Crippen MR) is 205 cm³/mol. The molecule has 4 heterocycles. The maximum Gasteiger partial charge on any atom is 0.327 e. The molecule has 4 fully saturated rings. The molecule has 3 aromatic carbocycles. The zero-order valence-corrected chi connectivity index (χ0v) is 32.8. The number of carbonyl (C=O) groups is 6. The molecule has 7 rings (SSSR count). The van der Waals surface area contributed by atoms with Crippen molar-refractivity contribution in [3.8, 4) is 17.2 Å². The molecule has 0 radical (unpaired) electrons. The Labute approximate surface area is 325 Å². The maximum atomic E-state index is 13.2. The zero-order chi connectivity index (χ0) is 40.1. The normalized spacial score (nSPS) is 25.3. The summed E-state index contributed by atoms with van der Waals surface area (Å²) in [6.07, 6.45) is 0. The molecule has 17 heteroatoms. The third-order valence-electron chi connectivity index (χ3n) is 10.00. The van der Waals surface area contributed by atoms with Gasteiger partial charge in [-0.2, -0.15) is 0 Å². The van der Waals surface area contributed by atoms with E-state index in [1.807, 2.05) is 37.3 Å². The lowest BCUT2D eigenvalue weighted by molar-refractivity contribution is -0.159. The number of ether oxygens (including phenoxy) is 3. The number of aliphatic carboxylic acids is 2. The molecule has 292 valence electrons. The van der Waals surface area contributed by atoms with Crippen LogP contribution >= 0.6 is 23.5 Å². The number of carboxylic acid groups (broad SMARTS) is 2. The van der Waals surface area contributed by atoms with Crippen LogP contribution in [0.25, 0.3) is 10.8 Å². The molecule has 0 saturated carbocycles. The Hall–Kier alpha value is -5.16. The largest absolute Gasteiger partial charge is 0.496 e. The van der Waals surface area contributed by atoms with Gasteiger partial charge >= 0.3 is 11.9 Å². The highest BCUT2D eigenvalue weighted by atomic mass is 32.2. The Kier molecular flexibility index (Phi) is 10.7. The van der Waals surface area contributed by atoms with E-state index in [0.29, 0.717) is 29.4 Å². The summed E-state index contributed by atoms with van der Waals surface area (Å²) < 4.78 is 14.8. The van der Waals surface area contributed by atoms with Crippen molar-refractivity contribution < 1.29 is 53.2 Å². The van der Waals surface area contributed by atoms with Gasteiger partial charge in [0.2, 0.25) is 11.8 Å². The predicted octanol–water partition coefficient (Wildman–Crippen LogP) is 3.43. The van der Waals surface area contributed by atoms with Crippen LogP contribution in [0.15, 0.2) is 54.6 Å². The number of benzene rings is 3. The van der Waals surface area contributed by atoms with Gasteiger partial charge in [-0.25, -0.2) is 9.59 Å². The number of thioether (sulfide) groups is 2. The maximum absolute atomic E-state index is 13.2. The van der Waals surface area contributed by atoms with Crippen LogP contribution < -0.4 is 24.8 Å². The molecule has 4 saturated heterocycles. The topological polar surface area (TPSA) is 201 Å². The van der Waals surface area contributed by atoms with Crippen LogP contribution in [0, 0.1) is 0 Å². The number of carboxylic acids is 2. The third kappa shape index (κ3) is 6.77. The second-order valence-electron chi connectivity index (χ2n) is 14.2. The first-order valence-corrected chi connectivity index (χ1v) is 19.2. The highest BCUT2D eigenvalue weighted by molar-refractivity contribution is 8.02. The second-order valence-corrected chi connectivity index (χ2v) is 17.8. The smallest absolute Gasteiger partial charge is 0.327 e. The van der Waals surface area contributed by atoms with E-state index in [1.165, 1.54) is 47.5 Å². The number of hydrogen-bond acceptors (Lipinski definition) is 11. The van der Waals surface area contributed by atoms with Gasteiger partial charge < -0.3 is 44.9 Å². The fraction of sp³-hybridized carbons (Fsp3) is 0.421. The molecule has 4 aliphatic heterocycles. The molecule has 0 bridgehead atoms. The molecule has 0 aliphatic carbocycles. The van der Waals surface area contributed by atoms with E-state index < -0.39 is 74.1 Å². The lowest BCUT2D eigenvalue weighted by atomic mass is 9.95. The van der Waals surface area contributed by atoms with Crippen molar-refractivity contribution >= 4 is 69.9 Å². The van der Waals surface area contributed by atoms with E-state index in [1.54, 1.807) is 52.0 Å². The van der Waals surface area contributed by atoms with Crippen LogP contribution in [0.4, 0.5) is 0 Å². The second kappa shape index (κ2) is 14.8. The number of nitrogens with zero attached hydrogens (tertiary/aromatic N) is 2. The average Bonchev–Trinajstić information content (AvgIpc) is 3.56. The highest BCUT2D eigenvalue weighted by Gasteiger charge is 2.65. The van der Waals surface area contributed by atoms with Gasteiger partial charge in [0.05, 0.1) is 26.4 Å². The minimum atomic E-state index is -1.05. The first kappa shape index (κ1) is 39.5. The number of β-lactam (4-membered cyclic amide) rings is 2. The van der Waals surface area contributed by atoms with Gasteiger partial charge in [0.15, 0.2) is 0 Å². The molecule has 3 aromatic rings. The minimum Gasteiger partial charge on any atom is -0.496 e. The fourth-order valence-electron chi connectivity index (χ4n) is 7.55. The number of carbonyl (C=O) groups excluding carboxylic acids is 4. The molecule has 15 nitrogen and oxygen atoms in total. The van der Waals surface area contributed by atoms with E-state index in [4.69, 9.17) is 14.2 Å². The molecule has 0 aromatic heterocycles. The summed E-state index contributed by atoms with van der Waals surface area (Å²) in [5, 5.41) is 25.3. The number of hydrogen-bond donors (Lipinski definition) is 4. The molecule has 6 atom stereocenters. The number of amides is 4. The molecule has 4 amide bonds. The summed E-state index contributed by atoms with van der Waals surface area (Å²) in [7, 11) is 2.88. The minimum absolute atomic E-state index is 0.195. The molecule has 4 aliphatic rings. The van der Waals surface area contributed by atoms with Crippen LogP contribution in [-0.4, -0.2) is 121 Å². The summed E-state index contributed by atoms with van der Waals surface area (Å²) in [6, 6.07) is 12.7. The molecule has 0 spiro atoms. The summed E-state index contributed by atoms with van der Waals surface area (Å²) in [6.45, 7) is 9.42. The standard InChI is InChI=1S/C21H22N2O5S.C17H20N2O6S/c1-4-28-13-10-9-11-7-5-6-8-12(11)14(13)17(24)22-15-18(25)23-16(20(26)27)21(2,3)29-19(15)23;1-17(2)12(16(22)23)19-14(21)11(15(19)26-17)18-13(20)10-8(24-3)6-5-7-9(10)25-4/h5-10,15-16,19H,4H2,1-3H3,(H,22,24)(H,26,27);5-7,11-12,15H,1-4H3,(H,18,20)(H,22,23)/t15-,16+,19-;11-,12+,15-/m11/s1. The third-order valence-corrected chi connectivity index (χ3v) is 13.1. The van der Waals surface area contributed by atoms with Crippen molar-refractivity contribution in [1.82, 2.24) is 20.4 Å². The number of methoxy groups -OCH3 is 2. The molecular formula is C38H42N4O11S2. The summed E-state index contributed by atoms with van der Waals surface area (Å²) in [5.74, 6) is -2.65. The van der Waals surface area contributed by atoms with Crippen LogP contribution in [0.1, 0.15) is 55.3 Å². The molecular weight excluding hydrogens is 753 g/mol. The van der Waals surface area contributed by atoms with Crippen molar-refractivity contribution in [2.24, 2.45) is 0 Å². The monoisotopic (exact) mass is 794 g/mol. The van der Waals surface area contributed by atoms with Gasteiger partial charge in [-0.3, -0.25) is 19.2 Å². The van der Waals surface area contributed by atoms with Crippen molar-refractivity contribution in [3.63, 3.8) is 0 Å². The Balaban J connectivity index is 0.000000188. The number of rotatable bonds is 10. The van der Waals surface area contributed by atoms with Crippen LogP contribution in [0.2, 0.25) is 0 Å². The molecule has 55 heavy (non-hydrogen) atoms. The van der Waals surface area contributed by atoms with E-state index in [-0.39, 0.29) is 11.5 Å². The van der Waals surface area contributed by atoms with Crippen LogP contribution in [-0.2, 0) is 19.2 Å². The van der Waals surface area contributed by atoms with E-state index in [0.717, 1.165) is 10.8 Å². The van der Waals surface area contributed by atoms with E-state index >= 15 is 0 Å². The summed E-state index contributed by atoms with van der Waals surface area (Å²) >= 11 is 2.77. The van der Waals surface area contributed by atoms with Crippen molar-refractivity contribution in [3.05, 3.63) is 65.7 Å². The molecule has 4 N–H and O–H groups in total. The Morgan fingerprint density at radius 2 is 1.16 bits per heavy atom. The van der Waals surface area contributed by atoms with Gasteiger partial charge in [0.25, 0.3) is 11.8 Å². The quantitative estimate of drug-likeness (QED) is 0.218. The number of fused-ring (bicyclic) bond motifs is 3. The van der Waals surface area contributed by atoms with E-state index in [9.17, 15) is 39.0 Å². The Morgan fingerprint density at radius 3 is 1.62 bits per heavy atom. The first-order chi connectivity index (χ1) is 26.0. The van der Waals surface area contributed by atoms with Gasteiger partial charge in [0, 0.05) is 9.49 Å². The van der Waals surface area contributed by atoms with Gasteiger partial charge in [-0.15, -0.1) is 23.5 Å². The average molecular weight is 795 g/mol. The van der Waals surface area contributed by atoms with Crippen molar-refractivity contribution in [1.29, 1.82) is 0 Å².